The molecule has 1 atom stereocenters. The van der Waals surface area contributed by atoms with Crippen molar-refractivity contribution in [3.63, 3.8) is 0 Å². The van der Waals surface area contributed by atoms with Crippen LogP contribution in [0, 0.1) is 5.82 Å². The minimum Gasteiger partial charge on any atom is -0.380 e. The number of aromatic nitrogens is 3. The Bertz CT molecular complexity index is 966. The molecule has 0 saturated carbocycles. The fourth-order valence-corrected chi connectivity index (χ4v) is 4.32. The van der Waals surface area contributed by atoms with Crippen LogP contribution in [0.15, 0.2) is 36.7 Å². The average Bonchev–Trinajstić information content (AvgIpc) is 3.33. The first-order valence-corrected chi connectivity index (χ1v) is 10.1. The fourth-order valence-electron chi connectivity index (χ4n) is 3.17. The molecule has 8 heteroatoms. The number of hydrogen-bond acceptors (Lipinski definition) is 5. The lowest BCUT2D eigenvalue weighted by Gasteiger charge is -2.17. The fraction of sp³-hybridized carbons (Fsp3) is 0.316. The molecular formula is C19H20FN5OS. The van der Waals surface area contributed by atoms with Gasteiger partial charge >= 0.3 is 0 Å². The van der Waals surface area contributed by atoms with Crippen molar-refractivity contribution < 1.29 is 9.18 Å². The number of hydrogen-bond donors (Lipinski definition) is 2. The first-order chi connectivity index (χ1) is 13.2. The van der Waals surface area contributed by atoms with E-state index < -0.39 is 0 Å². The number of carbonyl (C=O) groups excluding carboxylic acids is 1. The second-order valence-electron chi connectivity index (χ2n) is 6.41. The van der Waals surface area contributed by atoms with Gasteiger partial charge in [-0.15, -0.1) is 0 Å². The summed E-state index contributed by atoms with van der Waals surface area (Å²) in [7, 11) is 0. The van der Waals surface area contributed by atoms with Crippen LogP contribution in [-0.2, 0) is 6.54 Å². The molecule has 6 nitrogen and oxygen atoms in total. The van der Waals surface area contributed by atoms with Gasteiger partial charge in [-0.25, -0.2) is 14.1 Å². The van der Waals surface area contributed by atoms with E-state index in [0.717, 1.165) is 34.6 Å². The monoisotopic (exact) mass is 385 g/mol. The van der Waals surface area contributed by atoms with Crippen LogP contribution in [0.5, 0.6) is 0 Å². The van der Waals surface area contributed by atoms with Gasteiger partial charge in [0.2, 0.25) is 0 Å². The second kappa shape index (κ2) is 7.56. The number of nitrogens with zero attached hydrogens (tertiary/aromatic N) is 3. The number of pyridine rings is 1. The molecule has 0 bridgehead atoms. The molecule has 0 radical (unpaired) electrons. The third-order valence-electron chi connectivity index (χ3n) is 4.59. The van der Waals surface area contributed by atoms with Gasteiger partial charge in [-0.05, 0) is 43.4 Å². The smallest absolute Gasteiger partial charge is 0.259 e. The van der Waals surface area contributed by atoms with Gasteiger partial charge in [0.05, 0.1) is 22.8 Å². The summed E-state index contributed by atoms with van der Waals surface area (Å²) in [6.07, 6.45) is 4.39. The lowest BCUT2D eigenvalue weighted by atomic mass is 10.1. The highest BCUT2D eigenvalue weighted by atomic mass is 32.2. The van der Waals surface area contributed by atoms with Crippen molar-refractivity contribution in [3.05, 3.63) is 48.0 Å². The Kier molecular flexibility index (Phi) is 4.98. The number of anilines is 2. The molecular weight excluding hydrogens is 365 g/mol. The lowest BCUT2D eigenvalue weighted by Crippen LogP contribution is -2.22. The van der Waals surface area contributed by atoms with Crippen molar-refractivity contribution in [2.24, 2.45) is 0 Å². The largest absolute Gasteiger partial charge is 0.380 e. The molecule has 3 aromatic rings. The molecule has 1 amide bonds. The van der Waals surface area contributed by atoms with Crippen molar-refractivity contribution in [1.29, 1.82) is 0 Å². The summed E-state index contributed by atoms with van der Waals surface area (Å²) in [4.78, 5) is 17.4. The van der Waals surface area contributed by atoms with E-state index in [4.69, 9.17) is 0 Å². The molecule has 2 aromatic heterocycles. The van der Waals surface area contributed by atoms with Gasteiger partial charge in [0.25, 0.3) is 5.91 Å². The van der Waals surface area contributed by atoms with Gasteiger partial charge in [-0.3, -0.25) is 4.79 Å². The molecule has 140 valence electrons. The summed E-state index contributed by atoms with van der Waals surface area (Å²) >= 11 is 1.90. The van der Waals surface area contributed by atoms with Gasteiger partial charge in [-0.1, -0.05) is 0 Å². The second-order valence-corrected chi connectivity index (χ2v) is 7.56. The van der Waals surface area contributed by atoms with Gasteiger partial charge < -0.3 is 10.6 Å². The molecule has 1 aliphatic rings. The zero-order valence-electron chi connectivity index (χ0n) is 14.9. The summed E-state index contributed by atoms with van der Waals surface area (Å²) in [5.41, 5.74) is 2.50. The number of halogens is 1. The molecule has 2 N–H and O–H groups in total. The Morgan fingerprint density at radius 3 is 2.85 bits per heavy atom. The van der Waals surface area contributed by atoms with Gasteiger partial charge in [0, 0.05) is 30.2 Å². The molecule has 3 heterocycles. The number of rotatable bonds is 5. The zero-order valence-corrected chi connectivity index (χ0v) is 15.7. The number of amides is 1. The number of aryl methyl sites for hydroxylation is 1. The van der Waals surface area contributed by atoms with Crippen LogP contribution in [0.2, 0.25) is 0 Å². The molecule has 1 aliphatic heterocycles. The minimum atomic E-state index is -0.343. The topological polar surface area (TPSA) is 71.8 Å². The highest BCUT2D eigenvalue weighted by Gasteiger charge is 2.22. The van der Waals surface area contributed by atoms with E-state index in [0.29, 0.717) is 23.8 Å². The predicted molar refractivity (Wildman–Crippen MR) is 107 cm³/mol. The van der Waals surface area contributed by atoms with E-state index in [1.54, 1.807) is 12.4 Å². The Balaban J connectivity index is 1.71. The van der Waals surface area contributed by atoms with E-state index in [2.05, 4.69) is 20.7 Å². The highest BCUT2D eigenvalue weighted by molar-refractivity contribution is 7.99. The number of nitrogens with one attached hydrogen (secondary N) is 2. The Hall–Kier alpha value is -2.61. The van der Waals surface area contributed by atoms with Gasteiger partial charge in [0.15, 0.2) is 5.65 Å². The average molecular weight is 385 g/mol. The van der Waals surface area contributed by atoms with E-state index >= 15 is 0 Å². The zero-order chi connectivity index (χ0) is 18.8. The van der Waals surface area contributed by atoms with Crippen LogP contribution in [0.1, 0.15) is 23.7 Å². The Morgan fingerprint density at radius 1 is 1.33 bits per heavy atom. The van der Waals surface area contributed by atoms with Crippen LogP contribution in [-0.4, -0.2) is 38.2 Å². The van der Waals surface area contributed by atoms with Crippen LogP contribution in [0.25, 0.3) is 11.0 Å². The summed E-state index contributed by atoms with van der Waals surface area (Å²) in [5.74, 6) is 1.49. The third kappa shape index (κ3) is 3.62. The maximum absolute atomic E-state index is 13.1. The number of carbonyl (C=O) groups is 1. The van der Waals surface area contributed by atoms with Crippen molar-refractivity contribution in [3.8, 4) is 0 Å². The van der Waals surface area contributed by atoms with E-state index in [1.807, 2.05) is 23.4 Å². The molecule has 1 fully saturated rings. The number of thioether (sulfide) groups is 1. The third-order valence-corrected chi connectivity index (χ3v) is 5.75. The summed E-state index contributed by atoms with van der Waals surface area (Å²) in [5, 5.41) is 11.6. The Morgan fingerprint density at radius 2 is 2.15 bits per heavy atom. The van der Waals surface area contributed by atoms with Crippen molar-refractivity contribution in [1.82, 2.24) is 14.8 Å². The van der Waals surface area contributed by atoms with Crippen molar-refractivity contribution in [2.45, 2.75) is 25.9 Å². The molecule has 0 aliphatic carbocycles. The van der Waals surface area contributed by atoms with E-state index in [-0.39, 0.29) is 11.7 Å². The lowest BCUT2D eigenvalue weighted by molar-refractivity contribution is 0.102. The minimum absolute atomic E-state index is 0.284. The van der Waals surface area contributed by atoms with Crippen LogP contribution < -0.4 is 10.6 Å². The Labute approximate surface area is 160 Å². The van der Waals surface area contributed by atoms with Gasteiger partial charge in [-0.2, -0.15) is 16.9 Å². The summed E-state index contributed by atoms with van der Waals surface area (Å²) in [6, 6.07) is 6.02. The SMILES string of the molecule is CCn1ncc2c(NC3CCSC3)c(C(=O)Nc3ccc(F)cc3)cnc21. The number of fused-ring (bicyclic) bond motifs is 1. The predicted octanol–water partition coefficient (Wildman–Crippen LogP) is 3.76. The number of benzene rings is 1. The highest BCUT2D eigenvalue weighted by Crippen LogP contribution is 2.30. The van der Waals surface area contributed by atoms with Gasteiger partial charge in [0.1, 0.15) is 5.82 Å². The normalized spacial score (nSPS) is 16.6. The quantitative estimate of drug-likeness (QED) is 0.700. The molecule has 1 saturated heterocycles. The summed E-state index contributed by atoms with van der Waals surface area (Å²) < 4.78 is 14.9. The van der Waals surface area contributed by atoms with Crippen LogP contribution in [0.3, 0.4) is 0 Å². The molecule has 1 aromatic carbocycles. The molecule has 27 heavy (non-hydrogen) atoms. The standard InChI is InChI=1S/C19H20FN5OS/c1-2-25-18-15(10-22-25)17(23-14-7-8-27-11-14)16(9-21-18)19(26)24-13-5-3-12(20)4-6-13/h3-6,9-10,14H,2,7-8,11H2,1H3,(H,21,23)(H,24,26). The molecule has 1 unspecified atom stereocenters. The molecule has 0 spiro atoms. The maximum atomic E-state index is 13.1. The van der Waals surface area contributed by atoms with E-state index in [9.17, 15) is 9.18 Å². The van der Waals surface area contributed by atoms with Crippen LogP contribution in [0.4, 0.5) is 15.8 Å². The summed E-state index contributed by atoms with van der Waals surface area (Å²) in [6.45, 7) is 2.71. The van der Waals surface area contributed by atoms with Crippen molar-refractivity contribution in [2.75, 3.05) is 22.1 Å². The van der Waals surface area contributed by atoms with Crippen LogP contribution >= 0.6 is 11.8 Å². The maximum Gasteiger partial charge on any atom is 0.259 e. The van der Waals surface area contributed by atoms with Crippen molar-refractivity contribution >= 4 is 40.1 Å². The first kappa shape index (κ1) is 17.8. The molecule has 4 rings (SSSR count). The first-order valence-electron chi connectivity index (χ1n) is 8.91. The van der Waals surface area contributed by atoms with E-state index in [1.165, 1.54) is 24.3 Å².